The van der Waals surface area contributed by atoms with Crippen LogP contribution in [0.15, 0.2) is 42.6 Å². The predicted octanol–water partition coefficient (Wildman–Crippen LogP) is 2.63. The molecule has 0 aliphatic rings. The SMILES string of the molecule is COc1cccc(-c2ccnc(C#N)c2)c1. The van der Waals surface area contributed by atoms with Crippen molar-refractivity contribution in [1.29, 1.82) is 5.26 Å². The fraction of sp³-hybridized carbons (Fsp3) is 0.0769. The molecule has 1 aromatic carbocycles. The molecule has 1 aromatic heterocycles. The zero-order chi connectivity index (χ0) is 11.4. The van der Waals surface area contributed by atoms with Crippen molar-refractivity contribution in [3.63, 3.8) is 0 Å². The Kier molecular flexibility index (Phi) is 2.84. The van der Waals surface area contributed by atoms with Gasteiger partial charge in [-0.25, -0.2) is 4.98 Å². The van der Waals surface area contributed by atoms with Gasteiger partial charge in [-0.3, -0.25) is 0 Å². The van der Waals surface area contributed by atoms with Crippen molar-refractivity contribution >= 4 is 0 Å². The molecule has 3 heteroatoms. The summed E-state index contributed by atoms with van der Waals surface area (Å²) in [6.45, 7) is 0. The van der Waals surface area contributed by atoms with Gasteiger partial charge >= 0.3 is 0 Å². The third-order valence-corrected chi connectivity index (χ3v) is 2.28. The van der Waals surface area contributed by atoms with E-state index in [1.807, 2.05) is 36.4 Å². The van der Waals surface area contributed by atoms with Crippen LogP contribution in [-0.2, 0) is 0 Å². The van der Waals surface area contributed by atoms with E-state index in [1.165, 1.54) is 0 Å². The normalized spacial score (nSPS) is 9.50. The fourth-order valence-electron chi connectivity index (χ4n) is 1.47. The Balaban J connectivity index is 2.46. The van der Waals surface area contributed by atoms with Crippen molar-refractivity contribution in [1.82, 2.24) is 4.98 Å². The van der Waals surface area contributed by atoms with E-state index in [2.05, 4.69) is 4.98 Å². The van der Waals surface area contributed by atoms with Crippen LogP contribution < -0.4 is 4.74 Å². The molecule has 0 aliphatic heterocycles. The summed E-state index contributed by atoms with van der Waals surface area (Å²) in [5.41, 5.74) is 2.39. The zero-order valence-corrected chi connectivity index (χ0v) is 8.84. The number of rotatable bonds is 2. The first kappa shape index (κ1) is 10.2. The monoisotopic (exact) mass is 210 g/mol. The van der Waals surface area contributed by atoms with E-state index in [4.69, 9.17) is 10.00 Å². The maximum Gasteiger partial charge on any atom is 0.141 e. The summed E-state index contributed by atoms with van der Waals surface area (Å²) in [6.07, 6.45) is 1.63. The lowest BCUT2D eigenvalue weighted by Gasteiger charge is -2.04. The minimum absolute atomic E-state index is 0.417. The van der Waals surface area contributed by atoms with Crippen LogP contribution >= 0.6 is 0 Å². The maximum atomic E-state index is 8.77. The number of nitrogens with zero attached hydrogens (tertiary/aromatic N) is 2. The molecule has 0 aliphatic carbocycles. The lowest BCUT2D eigenvalue weighted by atomic mass is 10.1. The summed E-state index contributed by atoms with van der Waals surface area (Å²) in [6, 6.07) is 13.4. The Bertz CT molecular complexity index is 544. The molecule has 16 heavy (non-hydrogen) atoms. The third kappa shape index (κ3) is 2.01. The van der Waals surface area contributed by atoms with E-state index in [9.17, 15) is 0 Å². The Hall–Kier alpha value is -2.34. The Labute approximate surface area is 93.9 Å². The largest absolute Gasteiger partial charge is 0.497 e. The lowest BCUT2D eigenvalue weighted by Crippen LogP contribution is -1.86. The topological polar surface area (TPSA) is 45.9 Å². The Morgan fingerprint density at radius 3 is 2.75 bits per heavy atom. The summed E-state index contributed by atoms with van der Waals surface area (Å²) < 4.78 is 5.15. The Morgan fingerprint density at radius 2 is 2.00 bits per heavy atom. The highest BCUT2D eigenvalue weighted by atomic mass is 16.5. The molecule has 78 valence electrons. The van der Waals surface area contributed by atoms with Gasteiger partial charge in [0.05, 0.1) is 7.11 Å². The first-order chi connectivity index (χ1) is 7.83. The molecular formula is C13H10N2O. The van der Waals surface area contributed by atoms with Gasteiger partial charge in [-0.05, 0) is 35.4 Å². The molecule has 0 spiro atoms. The molecule has 2 aromatic rings. The average Bonchev–Trinajstić information content (AvgIpc) is 2.39. The minimum atomic E-state index is 0.417. The molecule has 0 amide bonds. The van der Waals surface area contributed by atoms with E-state index in [1.54, 1.807) is 19.4 Å². The third-order valence-electron chi connectivity index (χ3n) is 2.28. The molecule has 2 rings (SSSR count). The second-order valence-corrected chi connectivity index (χ2v) is 3.27. The lowest BCUT2D eigenvalue weighted by molar-refractivity contribution is 0.415. The van der Waals surface area contributed by atoms with Crippen molar-refractivity contribution in [3.05, 3.63) is 48.3 Å². The molecule has 3 nitrogen and oxygen atoms in total. The molecule has 0 N–H and O–H groups in total. The first-order valence-corrected chi connectivity index (χ1v) is 4.84. The number of hydrogen-bond donors (Lipinski definition) is 0. The molecule has 0 atom stereocenters. The molecular weight excluding hydrogens is 200 g/mol. The number of hydrogen-bond acceptors (Lipinski definition) is 3. The van der Waals surface area contributed by atoms with E-state index in [-0.39, 0.29) is 0 Å². The van der Waals surface area contributed by atoms with Crippen LogP contribution in [0, 0.1) is 11.3 Å². The number of pyridine rings is 1. The second-order valence-electron chi connectivity index (χ2n) is 3.27. The second kappa shape index (κ2) is 4.45. The minimum Gasteiger partial charge on any atom is -0.497 e. The summed E-state index contributed by atoms with van der Waals surface area (Å²) in [7, 11) is 1.63. The Morgan fingerprint density at radius 1 is 1.19 bits per heavy atom. The van der Waals surface area contributed by atoms with Gasteiger partial charge in [0.25, 0.3) is 0 Å². The van der Waals surface area contributed by atoms with Crippen molar-refractivity contribution < 1.29 is 4.74 Å². The van der Waals surface area contributed by atoms with Gasteiger partial charge in [-0.1, -0.05) is 12.1 Å². The van der Waals surface area contributed by atoms with Crippen LogP contribution in [0.5, 0.6) is 5.75 Å². The van der Waals surface area contributed by atoms with Crippen LogP contribution in [0.4, 0.5) is 0 Å². The van der Waals surface area contributed by atoms with Crippen LogP contribution in [0.2, 0.25) is 0 Å². The van der Waals surface area contributed by atoms with Gasteiger partial charge in [0.2, 0.25) is 0 Å². The number of nitriles is 1. The van der Waals surface area contributed by atoms with Gasteiger partial charge in [0.1, 0.15) is 17.5 Å². The maximum absolute atomic E-state index is 8.77. The highest BCUT2D eigenvalue weighted by Gasteiger charge is 2.01. The van der Waals surface area contributed by atoms with Crippen molar-refractivity contribution in [2.24, 2.45) is 0 Å². The van der Waals surface area contributed by atoms with Crippen molar-refractivity contribution in [2.45, 2.75) is 0 Å². The molecule has 0 bridgehead atoms. The highest BCUT2D eigenvalue weighted by Crippen LogP contribution is 2.23. The zero-order valence-electron chi connectivity index (χ0n) is 8.84. The van der Waals surface area contributed by atoms with E-state index in [0.717, 1.165) is 16.9 Å². The number of ether oxygens (including phenoxy) is 1. The van der Waals surface area contributed by atoms with Gasteiger partial charge < -0.3 is 4.74 Å². The van der Waals surface area contributed by atoms with Crippen LogP contribution in [-0.4, -0.2) is 12.1 Å². The van der Waals surface area contributed by atoms with Gasteiger partial charge in [0.15, 0.2) is 0 Å². The average molecular weight is 210 g/mol. The standard InChI is InChI=1S/C13H10N2O/c1-16-13-4-2-3-10(8-13)11-5-6-15-12(7-11)9-14/h2-8H,1H3. The van der Waals surface area contributed by atoms with Gasteiger partial charge in [-0.2, -0.15) is 5.26 Å². The molecule has 0 unspecified atom stereocenters. The number of methoxy groups -OCH3 is 1. The molecule has 0 saturated heterocycles. The fourth-order valence-corrected chi connectivity index (χ4v) is 1.47. The summed E-state index contributed by atoms with van der Waals surface area (Å²) in [4.78, 5) is 3.93. The van der Waals surface area contributed by atoms with E-state index in [0.29, 0.717) is 5.69 Å². The van der Waals surface area contributed by atoms with Crippen LogP contribution in [0.3, 0.4) is 0 Å². The van der Waals surface area contributed by atoms with Gasteiger partial charge in [-0.15, -0.1) is 0 Å². The predicted molar refractivity (Wildman–Crippen MR) is 60.9 cm³/mol. The van der Waals surface area contributed by atoms with Crippen LogP contribution in [0.1, 0.15) is 5.69 Å². The van der Waals surface area contributed by atoms with E-state index >= 15 is 0 Å². The highest BCUT2D eigenvalue weighted by molar-refractivity contribution is 5.65. The summed E-state index contributed by atoms with van der Waals surface area (Å²) >= 11 is 0. The quantitative estimate of drug-likeness (QED) is 0.765. The smallest absolute Gasteiger partial charge is 0.141 e. The number of benzene rings is 1. The van der Waals surface area contributed by atoms with E-state index < -0.39 is 0 Å². The number of aromatic nitrogens is 1. The summed E-state index contributed by atoms with van der Waals surface area (Å²) in [5, 5.41) is 8.77. The molecule has 0 fully saturated rings. The first-order valence-electron chi connectivity index (χ1n) is 4.84. The molecule has 0 saturated carbocycles. The molecule has 0 radical (unpaired) electrons. The van der Waals surface area contributed by atoms with Gasteiger partial charge in [0, 0.05) is 6.20 Å². The van der Waals surface area contributed by atoms with Crippen LogP contribution in [0.25, 0.3) is 11.1 Å². The van der Waals surface area contributed by atoms with Crippen molar-refractivity contribution in [3.8, 4) is 22.9 Å². The summed E-state index contributed by atoms with van der Waals surface area (Å²) in [5.74, 6) is 0.799. The molecule has 1 heterocycles. The van der Waals surface area contributed by atoms with Crippen molar-refractivity contribution in [2.75, 3.05) is 7.11 Å².